The molecule has 3 heteroatoms. The van der Waals surface area contributed by atoms with Crippen molar-refractivity contribution in [3.63, 3.8) is 0 Å². The van der Waals surface area contributed by atoms with Gasteiger partial charge in [0, 0.05) is 5.56 Å². The molecule has 0 saturated carbocycles. The summed E-state index contributed by atoms with van der Waals surface area (Å²) in [5.74, 6) is -0.0804. The molecular formula is C17H15NO2. The number of nitrogens with zero attached hydrogens (tertiary/aromatic N) is 1. The molecule has 3 nitrogen and oxygen atoms in total. The number of rotatable bonds is 5. The molecule has 0 aliphatic rings. The van der Waals surface area contributed by atoms with Crippen LogP contribution in [-0.4, -0.2) is 5.78 Å². The number of Topliss-reactive ketones (excluding diaryl/α,β-unsaturated/α-hetero) is 1. The molecular weight excluding hydrogens is 250 g/mol. The fraction of sp³-hybridized carbons (Fsp3) is 0.176. The smallest absolute Gasteiger partial charge is 0.179 e. The number of hydrogen-bond acceptors (Lipinski definition) is 3. The lowest BCUT2D eigenvalue weighted by Crippen LogP contribution is -2.08. The molecule has 0 saturated heterocycles. The average molecular weight is 265 g/mol. The van der Waals surface area contributed by atoms with Crippen LogP contribution in [0, 0.1) is 17.2 Å². The van der Waals surface area contributed by atoms with Crippen LogP contribution in [-0.2, 0) is 6.61 Å². The van der Waals surface area contributed by atoms with Crippen molar-refractivity contribution in [3.05, 3.63) is 65.7 Å². The van der Waals surface area contributed by atoms with Crippen LogP contribution < -0.4 is 4.74 Å². The van der Waals surface area contributed by atoms with Crippen LogP contribution in [0.25, 0.3) is 0 Å². The summed E-state index contributed by atoms with van der Waals surface area (Å²) in [4.78, 5) is 11.8. The van der Waals surface area contributed by atoms with Crippen molar-refractivity contribution >= 4 is 5.78 Å². The number of hydrogen-bond donors (Lipinski definition) is 0. The van der Waals surface area contributed by atoms with E-state index in [1.54, 1.807) is 31.2 Å². The Morgan fingerprint density at radius 3 is 2.40 bits per heavy atom. The Balaban J connectivity index is 1.99. The monoisotopic (exact) mass is 265 g/mol. The highest BCUT2D eigenvalue weighted by Gasteiger charge is 2.13. The Labute approximate surface area is 118 Å². The van der Waals surface area contributed by atoms with Crippen molar-refractivity contribution < 1.29 is 9.53 Å². The second-order valence-electron chi connectivity index (χ2n) is 4.51. The Morgan fingerprint density at radius 2 is 1.80 bits per heavy atom. The van der Waals surface area contributed by atoms with Gasteiger partial charge in [0.2, 0.25) is 0 Å². The topological polar surface area (TPSA) is 50.1 Å². The number of carbonyl (C=O) groups excluding carboxylic acids is 1. The van der Waals surface area contributed by atoms with Crippen molar-refractivity contribution in [1.29, 1.82) is 5.26 Å². The summed E-state index contributed by atoms with van der Waals surface area (Å²) < 4.78 is 5.64. The highest BCUT2D eigenvalue weighted by Crippen LogP contribution is 2.16. The van der Waals surface area contributed by atoms with Gasteiger partial charge in [0.25, 0.3) is 0 Å². The summed E-state index contributed by atoms with van der Waals surface area (Å²) in [6, 6.07) is 18.7. The summed E-state index contributed by atoms with van der Waals surface area (Å²) in [5.41, 5.74) is 1.62. The van der Waals surface area contributed by atoms with Crippen molar-refractivity contribution in [3.8, 4) is 11.8 Å². The third kappa shape index (κ3) is 3.46. The standard InChI is InChI=1S/C17H15NO2/c1-13(11-18)17(19)15-7-9-16(10-8-15)20-12-14-5-3-2-4-6-14/h2-10,13H,12H2,1H3. The number of benzene rings is 2. The third-order valence-corrected chi connectivity index (χ3v) is 2.97. The first-order chi connectivity index (χ1) is 9.70. The molecule has 2 aromatic carbocycles. The van der Waals surface area contributed by atoms with Gasteiger partial charge < -0.3 is 4.74 Å². The zero-order valence-electron chi connectivity index (χ0n) is 11.2. The van der Waals surface area contributed by atoms with Gasteiger partial charge in [-0.2, -0.15) is 5.26 Å². The van der Waals surface area contributed by atoms with E-state index < -0.39 is 5.92 Å². The van der Waals surface area contributed by atoms with Gasteiger partial charge in [0.1, 0.15) is 18.3 Å². The van der Waals surface area contributed by atoms with Gasteiger partial charge in [-0.25, -0.2) is 0 Å². The largest absolute Gasteiger partial charge is 0.489 e. The minimum absolute atomic E-state index is 0.165. The lowest BCUT2D eigenvalue weighted by atomic mass is 10.0. The first-order valence-electron chi connectivity index (χ1n) is 6.41. The van der Waals surface area contributed by atoms with Crippen molar-refractivity contribution in [2.24, 2.45) is 5.92 Å². The maximum Gasteiger partial charge on any atom is 0.179 e. The van der Waals surface area contributed by atoms with Gasteiger partial charge >= 0.3 is 0 Å². The van der Waals surface area contributed by atoms with Crippen LogP contribution >= 0.6 is 0 Å². The van der Waals surface area contributed by atoms with Crippen molar-refractivity contribution in [1.82, 2.24) is 0 Å². The third-order valence-electron chi connectivity index (χ3n) is 2.97. The van der Waals surface area contributed by atoms with Gasteiger partial charge in [-0.1, -0.05) is 30.3 Å². The van der Waals surface area contributed by atoms with Gasteiger partial charge in [-0.15, -0.1) is 0 Å². The van der Waals surface area contributed by atoms with E-state index in [1.807, 2.05) is 36.4 Å². The quantitative estimate of drug-likeness (QED) is 0.776. The van der Waals surface area contributed by atoms with E-state index in [0.29, 0.717) is 17.9 Å². The minimum Gasteiger partial charge on any atom is -0.489 e. The van der Waals surface area contributed by atoms with E-state index in [-0.39, 0.29) is 5.78 Å². The SMILES string of the molecule is CC(C#N)C(=O)c1ccc(OCc2ccccc2)cc1. The molecule has 0 radical (unpaired) electrons. The molecule has 0 fully saturated rings. The Morgan fingerprint density at radius 1 is 1.15 bits per heavy atom. The Kier molecular flexibility index (Phi) is 4.52. The molecule has 100 valence electrons. The molecule has 20 heavy (non-hydrogen) atoms. The first-order valence-corrected chi connectivity index (χ1v) is 6.41. The van der Waals surface area contributed by atoms with Gasteiger partial charge in [0.15, 0.2) is 5.78 Å². The fourth-order valence-corrected chi connectivity index (χ4v) is 1.76. The van der Waals surface area contributed by atoms with Crippen LogP contribution in [0.1, 0.15) is 22.8 Å². The second-order valence-corrected chi connectivity index (χ2v) is 4.51. The summed E-state index contributed by atoms with van der Waals surface area (Å²) in [5, 5.41) is 8.74. The molecule has 0 heterocycles. The molecule has 0 aromatic heterocycles. The molecule has 0 amide bonds. The molecule has 0 aliphatic carbocycles. The Hall–Kier alpha value is -2.60. The average Bonchev–Trinajstić information content (AvgIpc) is 2.53. The lowest BCUT2D eigenvalue weighted by molar-refractivity contribution is 0.0956. The fourth-order valence-electron chi connectivity index (χ4n) is 1.76. The Bertz CT molecular complexity index is 612. The van der Waals surface area contributed by atoms with E-state index in [2.05, 4.69) is 0 Å². The molecule has 0 aliphatic heterocycles. The predicted molar refractivity (Wildman–Crippen MR) is 76.3 cm³/mol. The zero-order chi connectivity index (χ0) is 14.4. The molecule has 1 unspecified atom stereocenters. The predicted octanol–water partition coefficient (Wildman–Crippen LogP) is 3.61. The first kappa shape index (κ1) is 13.8. The number of ketones is 1. The van der Waals surface area contributed by atoms with Gasteiger partial charge in [0.05, 0.1) is 6.07 Å². The minimum atomic E-state index is -0.619. The van der Waals surface area contributed by atoms with E-state index in [9.17, 15) is 4.79 Å². The van der Waals surface area contributed by atoms with Crippen LogP contribution in [0.5, 0.6) is 5.75 Å². The number of carbonyl (C=O) groups is 1. The van der Waals surface area contributed by atoms with E-state index >= 15 is 0 Å². The van der Waals surface area contributed by atoms with Crippen molar-refractivity contribution in [2.75, 3.05) is 0 Å². The lowest BCUT2D eigenvalue weighted by Gasteiger charge is -2.07. The van der Waals surface area contributed by atoms with E-state index in [0.717, 1.165) is 5.56 Å². The maximum atomic E-state index is 11.8. The van der Waals surface area contributed by atoms with E-state index in [1.165, 1.54) is 0 Å². The van der Waals surface area contributed by atoms with Crippen molar-refractivity contribution in [2.45, 2.75) is 13.5 Å². The highest BCUT2D eigenvalue weighted by molar-refractivity contribution is 5.99. The van der Waals surface area contributed by atoms with E-state index in [4.69, 9.17) is 10.00 Å². The van der Waals surface area contributed by atoms with Gasteiger partial charge in [-0.3, -0.25) is 4.79 Å². The van der Waals surface area contributed by atoms with Crippen LogP contribution in [0.15, 0.2) is 54.6 Å². The maximum absolute atomic E-state index is 11.8. The van der Waals surface area contributed by atoms with Crippen LogP contribution in [0.3, 0.4) is 0 Å². The normalized spacial score (nSPS) is 11.4. The summed E-state index contributed by atoms with van der Waals surface area (Å²) >= 11 is 0. The molecule has 0 bridgehead atoms. The van der Waals surface area contributed by atoms with Gasteiger partial charge in [-0.05, 0) is 36.8 Å². The van der Waals surface area contributed by atoms with Crippen LogP contribution in [0.4, 0.5) is 0 Å². The summed E-state index contributed by atoms with van der Waals surface area (Å²) in [6.07, 6.45) is 0. The van der Waals surface area contributed by atoms with Crippen LogP contribution in [0.2, 0.25) is 0 Å². The number of ether oxygens (including phenoxy) is 1. The highest BCUT2D eigenvalue weighted by atomic mass is 16.5. The number of nitriles is 1. The second kappa shape index (κ2) is 6.53. The summed E-state index contributed by atoms with van der Waals surface area (Å²) in [6.45, 7) is 2.09. The molecule has 2 rings (SSSR count). The molecule has 2 aromatic rings. The zero-order valence-corrected chi connectivity index (χ0v) is 11.2. The molecule has 1 atom stereocenters. The summed E-state index contributed by atoms with van der Waals surface area (Å²) in [7, 11) is 0. The molecule has 0 spiro atoms. The molecule has 0 N–H and O–H groups in total.